The number of rotatable bonds is 5. The van der Waals surface area contributed by atoms with Crippen molar-refractivity contribution in [3.05, 3.63) is 24.3 Å². The van der Waals surface area contributed by atoms with Crippen LogP contribution in [0.5, 0.6) is 5.75 Å². The summed E-state index contributed by atoms with van der Waals surface area (Å²) in [4.78, 5) is 2.51. The highest BCUT2D eigenvalue weighted by molar-refractivity contribution is 5.50. The topological polar surface area (TPSA) is 24.5 Å². The fourth-order valence-electron chi connectivity index (χ4n) is 3.20. The van der Waals surface area contributed by atoms with Gasteiger partial charge in [-0.25, -0.2) is 0 Å². The van der Waals surface area contributed by atoms with Crippen molar-refractivity contribution in [1.29, 1.82) is 0 Å². The fourth-order valence-corrected chi connectivity index (χ4v) is 3.20. The average molecular weight is 274 g/mol. The molecule has 1 aliphatic heterocycles. The monoisotopic (exact) mass is 274 g/mol. The van der Waals surface area contributed by atoms with Crippen molar-refractivity contribution >= 4 is 5.69 Å². The molecule has 3 heteroatoms. The smallest absolute Gasteiger partial charge is 0.119 e. The Kier molecular flexibility index (Phi) is 3.88. The lowest BCUT2D eigenvalue weighted by molar-refractivity contribution is 0.285. The first kappa shape index (κ1) is 13.7. The molecule has 1 saturated heterocycles. The van der Waals surface area contributed by atoms with Gasteiger partial charge in [-0.1, -0.05) is 6.92 Å². The molecule has 1 aromatic carbocycles. The molecule has 2 aliphatic rings. The first-order valence-corrected chi connectivity index (χ1v) is 7.94. The van der Waals surface area contributed by atoms with E-state index in [0.29, 0.717) is 5.54 Å². The zero-order valence-electron chi connectivity index (χ0n) is 12.7. The molecule has 20 heavy (non-hydrogen) atoms. The SMILES string of the molecule is CCCOc1ccc(N2CCNC(C)(C3CC3)C2)cc1. The van der Waals surface area contributed by atoms with Gasteiger partial charge in [-0.05, 0) is 56.4 Å². The van der Waals surface area contributed by atoms with Gasteiger partial charge in [0.1, 0.15) is 5.75 Å². The van der Waals surface area contributed by atoms with E-state index in [1.54, 1.807) is 0 Å². The second-order valence-corrected chi connectivity index (χ2v) is 6.38. The van der Waals surface area contributed by atoms with E-state index in [2.05, 4.69) is 48.3 Å². The highest BCUT2D eigenvalue weighted by atomic mass is 16.5. The molecule has 1 aromatic rings. The molecular weight excluding hydrogens is 248 g/mol. The van der Waals surface area contributed by atoms with Crippen LogP contribution in [0.3, 0.4) is 0 Å². The van der Waals surface area contributed by atoms with Gasteiger partial charge < -0.3 is 15.0 Å². The minimum Gasteiger partial charge on any atom is -0.494 e. The van der Waals surface area contributed by atoms with Crippen LogP contribution in [-0.2, 0) is 0 Å². The van der Waals surface area contributed by atoms with Crippen LogP contribution in [0.1, 0.15) is 33.1 Å². The van der Waals surface area contributed by atoms with Crippen LogP contribution in [0.25, 0.3) is 0 Å². The van der Waals surface area contributed by atoms with Crippen molar-refractivity contribution in [3.63, 3.8) is 0 Å². The number of nitrogens with one attached hydrogen (secondary N) is 1. The third-order valence-electron chi connectivity index (χ3n) is 4.58. The number of hydrogen-bond donors (Lipinski definition) is 1. The Balaban J connectivity index is 1.65. The van der Waals surface area contributed by atoms with Crippen molar-refractivity contribution < 1.29 is 4.74 Å². The predicted molar refractivity (Wildman–Crippen MR) is 83.6 cm³/mol. The molecule has 0 bridgehead atoms. The molecule has 1 aliphatic carbocycles. The Bertz CT molecular complexity index is 441. The minimum absolute atomic E-state index is 0.301. The Morgan fingerprint density at radius 1 is 1.30 bits per heavy atom. The first-order chi connectivity index (χ1) is 9.71. The largest absolute Gasteiger partial charge is 0.494 e. The van der Waals surface area contributed by atoms with Gasteiger partial charge in [-0.2, -0.15) is 0 Å². The van der Waals surface area contributed by atoms with Gasteiger partial charge in [0, 0.05) is 30.9 Å². The zero-order valence-corrected chi connectivity index (χ0v) is 12.7. The molecular formula is C17H26N2O. The molecule has 0 spiro atoms. The number of ether oxygens (including phenoxy) is 1. The van der Waals surface area contributed by atoms with Crippen molar-refractivity contribution in [3.8, 4) is 5.75 Å². The van der Waals surface area contributed by atoms with Crippen molar-refractivity contribution in [2.75, 3.05) is 31.1 Å². The Hall–Kier alpha value is -1.22. The summed E-state index contributed by atoms with van der Waals surface area (Å²) < 4.78 is 5.66. The van der Waals surface area contributed by atoms with Crippen LogP contribution in [0.15, 0.2) is 24.3 Å². The quantitative estimate of drug-likeness (QED) is 0.893. The van der Waals surface area contributed by atoms with Crippen LogP contribution in [0.2, 0.25) is 0 Å². The second-order valence-electron chi connectivity index (χ2n) is 6.38. The van der Waals surface area contributed by atoms with Gasteiger partial charge in [0.2, 0.25) is 0 Å². The molecule has 3 rings (SSSR count). The van der Waals surface area contributed by atoms with Crippen LogP contribution >= 0.6 is 0 Å². The van der Waals surface area contributed by atoms with E-state index in [-0.39, 0.29) is 0 Å². The molecule has 3 nitrogen and oxygen atoms in total. The summed E-state index contributed by atoms with van der Waals surface area (Å²) in [6.07, 6.45) is 3.83. The number of hydrogen-bond acceptors (Lipinski definition) is 3. The summed E-state index contributed by atoms with van der Waals surface area (Å²) in [5, 5.41) is 3.73. The average Bonchev–Trinajstić information content (AvgIpc) is 3.31. The lowest BCUT2D eigenvalue weighted by Crippen LogP contribution is -2.60. The van der Waals surface area contributed by atoms with E-state index in [9.17, 15) is 0 Å². The summed E-state index contributed by atoms with van der Waals surface area (Å²) in [6, 6.07) is 8.59. The van der Waals surface area contributed by atoms with E-state index in [1.165, 1.54) is 18.5 Å². The van der Waals surface area contributed by atoms with Crippen molar-refractivity contribution in [2.45, 2.75) is 38.6 Å². The fraction of sp³-hybridized carbons (Fsp3) is 0.647. The van der Waals surface area contributed by atoms with E-state index in [1.807, 2.05) is 0 Å². The zero-order chi connectivity index (χ0) is 14.0. The van der Waals surface area contributed by atoms with Gasteiger partial charge in [0.25, 0.3) is 0 Å². The second kappa shape index (κ2) is 5.65. The number of benzene rings is 1. The predicted octanol–water partition coefficient (Wildman–Crippen LogP) is 3.05. The third kappa shape index (κ3) is 2.93. The number of nitrogens with zero attached hydrogens (tertiary/aromatic N) is 1. The molecule has 1 N–H and O–H groups in total. The summed E-state index contributed by atoms with van der Waals surface area (Å²) >= 11 is 0. The number of anilines is 1. The molecule has 110 valence electrons. The number of piperazine rings is 1. The maximum atomic E-state index is 5.66. The van der Waals surface area contributed by atoms with Gasteiger partial charge in [-0.3, -0.25) is 0 Å². The van der Waals surface area contributed by atoms with E-state index in [4.69, 9.17) is 4.74 Å². The molecule has 0 amide bonds. The molecule has 0 aromatic heterocycles. The molecule has 0 radical (unpaired) electrons. The Morgan fingerprint density at radius 3 is 2.70 bits per heavy atom. The molecule has 1 heterocycles. The van der Waals surface area contributed by atoms with E-state index in [0.717, 1.165) is 44.3 Å². The van der Waals surface area contributed by atoms with Crippen molar-refractivity contribution in [1.82, 2.24) is 5.32 Å². The van der Waals surface area contributed by atoms with Crippen LogP contribution in [-0.4, -0.2) is 31.8 Å². The van der Waals surface area contributed by atoms with E-state index < -0.39 is 0 Å². The van der Waals surface area contributed by atoms with Gasteiger partial charge in [0.05, 0.1) is 6.61 Å². The third-order valence-corrected chi connectivity index (χ3v) is 4.58. The molecule has 1 atom stereocenters. The van der Waals surface area contributed by atoms with Gasteiger partial charge in [0.15, 0.2) is 0 Å². The summed E-state index contributed by atoms with van der Waals surface area (Å²) in [6.45, 7) is 8.61. The maximum absolute atomic E-state index is 5.66. The lowest BCUT2D eigenvalue weighted by Gasteiger charge is -2.43. The maximum Gasteiger partial charge on any atom is 0.119 e. The van der Waals surface area contributed by atoms with Crippen LogP contribution in [0, 0.1) is 5.92 Å². The highest BCUT2D eigenvalue weighted by Crippen LogP contribution is 2.41. The molecule has 1 unspecified atom stereocenters. The van der Waals surface area contributed by atoms with Gasteiger partial charge >= 0.3 is 0 Å². The summed E-state index contributed by atoms with van der Waals surface area (Å²) in [5.74, 6) is 1.85. The first-order valence-electron chi connectivity index (χ1n) is 7.94. The van der Waals surface area contributed by atoms with Crippen molar-refractivity contribution in [2.24, 2.45) is 5.92 Å². The highest BCUT2D eigenvalue weighted by Gasteiger charge is 2.43. The minimum atomic E-state index is 0.301. The van der Waals surface area contributed by atoms with Crippen LogP contribution in [0.4, 0.5) is 5.69 Å². The lowest BCUT2D eigenvalue weighted by atomic mass is 9.92. The van der Waals surface area contributed by atoms with Crippen LogP contribution < -0.4 is 15.0 Å². The summed E-state index contributed by atoms with van der Waals surface area (Å²) in [7, 11) is 0. The normalized spacial score (nSPS) is 26.6. The van der Waals surface area contributed by atoms with Gasteiger partial charge in [-0.15, -0.1) is 0 Å². The standard InChI is InChI=1S/C17H26N2O/c1-3-12-20-16-8-6-15(7-9-16)19-11-10-18-17(2,13-19)14-4-5-14/h6-9,14,18H,3-5,10-13H2,1-2H3. The van der Waals surface area contributed by atoms with E-state index >= 15 is 0 Å². The Labute approximate surface area is 122 Å². The molecule has 2 fully saturated rings. The Morgan fingerprint density at radius 2 is 2.05 bits per heavy atom. The molecule has 1 saturated carbocycles. The summed E-state index contributed by atoms with van der Waals surface area (Å²) in [5.41, 5.74) is 1.62.